The van der Waals surface area contributed by atoms with Crippen molar-refractivity contribution in [2.75, 3.05) is 26.8 Å². The number of esters is 1. The molecular weight excluding hydrogens is 432 g/mol. The lowest BCUT2D eigenvalue weighted by atomic mass is 10.1. The Kier molecular flexibility index (Phi) is 7.32. The summed E-state index contributed by atoms with van der Waals surface area (Å²) in [6, 6.07) is 11.4. The molecule has 170 valence electrons. The Labute approximate surface area is 188 Å². The minimum Gasteiger partial charge on any atom is -0.493 e. The molecule has 9 heteroatoms. The van der Waals surface area contributed by atoms with E-state index in [9.17, 15) is 13.2 Å². The van der Waals surface area contributed by atoms with Crippen LogP contribution in [-0.2, 0) is 19.6 Å². The van der Waals surface area contributed by atoms with Crippen molar-refractivity contribution in [2.45, 2.75) is 25.7 Å². The van der Waals surface area contributed by atoms with Gasteiger partial charge in [0, 0.05) is 18.7 Å². The minimum absolute atomic E-state index is 0.117. The van der Waals surface area contributed by atoms with E-state index in [2.05, 4.69) is 4.99 Å². The monoisotopic (exact) mass is 458 g/mol. The zero-order valence-corrected chi connectivity index (χ0v) is 19.3. The number of ether oxygens (including phenoxy) is 3. The number of hydrogen-bond donors (Lipinski definition) is 0. The van der Waals surface area contributed by atoms with Gasteiger partial charge in [0.15, 0.2) is 17.2 Å². The first-order valence-corrected chi connectivity index (χ1v) is 11.7. The van der Waals surface area contributed by atoms with Crippen LogP contribution in [0.3, 0.4) is 0 Å². The lowest BCUT2D eigenvalue weighted by Gasteiger charge is -2.18. The van der Waals surface area contributed by atoms with Crippen LogP contribution in [0.2, 0.25) is 0 Å². The number of carbonyl (C=O) groups excluding carboxylic acids is 1. The van der Waals surface area contributed by atoms with Crippen LogP contribution in [0.25, 0.3) is 6.08 Å². The van der Waals surface area contributed by atoms with Crippen LogP contribution in [0.1, 0.15) is 31.9 Å². The van der Waals surface area contributed by atoms with Gasteiger partial charge >= 0.3 is 5.97 Å². The Morgan fingerprint density at radius 3 is 2.31 bits per heavy atom. The molecule has 0 aliphatic carbocycles. The third-order valence-corrected chi connectivity index (χ3v) is 6.92. The van der Waals surface area contributed by atoms with Crippen LogP contribution in [-0.4, -0.2) is 51.4 Å². The quantitative estimate of drug-likeness (QED) is 0.422. The van der Waals surface area contributed by atoms with Gasteiger partial charge in [0.1, 0.15) is 0 Å². The van der Waals surface area contributed by atoms with E-state index in [-0.39, 0.29) is 16.5 Å². The van der Waals surface area contributed by atoms with Gasteiger partial charge in [-0.05, 0) is 55.0 Å². The van der Waals surface area contributed by atoms with Crippen molar-refractivity contribution in [3.8, 4) is 11.5 Å². The molecule has 0 bridgehead atoms. The van der Waals surface area contributed by atoms with Gasteiger partial charge in [-0.25, -0.2) is 18.2 Å². The fourth-order valence-electron chi connectivity index (χ4n) is 3.22. The zero-order valence-electron chi connectivity index (χ0n) is 18.5. The number of sulfonamides is 1. The normalized spacial score (nSPS) is 15.1. The molecule has 32 heavy (non-hydrogen) atoms. The zero-order chi connectivity index (χ0) is 23.3. The van der Waals surface area contributed by atoms with Gasteiger partial charge in [-0.15, -0.1) is 0 Å². The van der Waals surface area contributed by atoms with E-state index in [1.807, 2.05) is 6.92 Å². The van der Waals surface area contributed by atoms with E-state index in [0.717, 1.165) is 0 Å². The van der Waals surface area contributed by atoms with Gasteiger partial charge in [-0.3, -0.25) is 0 Å². The number of aliphatic imine (C=N–C) groups is 1. The SMILES string of the molecule is CCOc1cc(/C=C2\N=C(c3ccc(S(=O)(=O)N(CC)CC)cc3)OC2=O)ccc1OC. The molecule has 8 nitrogen and oxygen atoms in total. The summed E-state index contributed by atoms with van der Waals surface area (Å²) in [5.74, 6) is 0.678. The van der Waals surface area contributed by atoms with Crippen LogP contribution >= 0.6 is 0 Å². The highest BCUT2D eigenvalue weighted by Gasteiger charge is 2.26. The Morgan fingerprint density at radius 1 is 1.03 bits per heavy atom. The first kappa shape index (κ1) is 23.5. The topological polar surface area (TPSA) is 94.5 Å². The van der Waals surface area contributed by atoms with Crippen molar-refractivity contribution < 1.29 is 27.4 Å². The van der Waals surface area contributed by atoms with E-state index in [1.165, 1.54) is 16.4 Å². The van der Waals surface area contributed by atoms with Gasteiger partial charge in [-0.1, -0.05) is 19.9 Å². The van der Waals surface area contributed by atoms with Gasteiger partial charge in [0.25, 0.3) is 0 Å². The largest absolute Gasteiger partial charge is 0.493 e. The van der Waals surface area contributed by atoms with Crippen LogP contribution < -0.4 is 9.47 Å². The maximum atomic E-state index is 12.6. The van der Waals surface area contributed by atoms with Crippen LogP contribution in [0.15, 0.2) is 58.0 Å². The lowest BCUT2D eigenvalue weighted by molar-refractivity contribution is -0.129. The molecule has 0 unspecified atom stereocenters. The van der Waals surface area contributed by atoms with E-state index in [1.54, 1.807) is 57.4 Å². The van der Waals surface area contributed by atoms with Crippen LogP contribution in [0.4, 0.5) is 0 Å². The summed E-state index contributed by atoms with van der Waals surface area (Å²) in [5.41, 5.74) is 1.34. The Hall–Kier alpha value is -3.17. The second kappa shape index (κ2) is 9.97. The predicted octanol–water partition coefficient (Wildman–Crippen LogP) is 3.47. The molecule has 2 aromatic carbocycles. The minimum atomic E-state index is -3.57. The summed E-state index contributed by atoms with van der Waals surface area (Å²) >= 11 is 0. The number of rotatable bonds is 9. The van der Waals surface area contributed by atoms with Gasteiger partial charge in [-0.2, -0.15) is 4.31 Å². The van der Waals surface area contributed by atoms with Gasteiger partial charge in [0.05, 0.1) is 18.6 Å². The fraction of sp³-hybridized carbons (Fsp3) is 0.304. The number of hydrogen-bond acceptors (Lipinski definition) is 7. The maximum absolute atomic E-state index is 12.6. The van der Waals surface area contributed by atoms with Crippen molar-refractivity contribution in [1.82, 2.24) is 4.31 Å². The molecule has 1 aliphatic heterocycles. The van der Waals surface area contributed by atoms with E-state index >= 15 is 0 Å². The molecule has 0 atom stereocenters. The molecule has 0 amide bonds. The Balaban J connectivity index is 1.87. The number of carbonyl (C=O) groups is 1. The number of methoxy groups -OCH3 is 1. The maximum Gasteiger partial charge on any atom is 0.363 e. The third-order valence-electron chi connectivity index (χ3n) is 4.86. The van der Waals surface area contributed by atoms with E-state index in [0.29, 0.717) is 42.3 Å². The summed E-state index contributed by atoms with van der Waals surface area (Å²) in [5, 5.41) is 0. The highest BCUT2D eigenvalue weighted by molar-refractivity contribution is 7.89. The molecule has 0 radical (unpaired) electrons. The van der Waals surface area contributed by atoms with Crippen molar-refractivity contribution in [1.29, 1.82) is 0 Å². The standard InChI is InChI=1S/C23H26N2O6S/c1-5-25(6-2)32(27,28)18-11-9-17(10-12-18)22-24-19(23(26)31-22)14-16-8-13-20(29-4)21(15-16)30-7-3/h8-15H,5-7H2,1-4H3/b19-14-. The van der Waals surface area contributed by atoms with Crippen molar-refractivity contribution in [3.05, 3.63) is 59.3 Å². The first-order chi connectivity index (χ1) is 15.3. The second-order valence-corrected chi connectivity index (χ2v) is 8.73. The van der Waals surface area contributed by atoms with Gasteiger partial charge in [0.2, 0.25) is 15.9 Å². The number of cyclic esters (lactones) is 1. The van der Waals surface area contributed by atoms with Gasteiger partial charge < -0.3 is 14.2 Å². The first-order valence-electron chi connectivity index (χ1n) is 10.3. The molecule has 1 heterocycles. The molecule has 0 saturated carbocycles. The molecule has 3 rings (SSSR count). The molecule has 1 aliphatic rings. The molecule has 2 aromatic rings. The van der Waals surface area contributed by atoms with E-state index in [4.69, 9.17) is 14.2 Å². The number of benzene rings is 2. The highest BCUT2D eigenvalue weighted by Crippen LogP contribution is 2.30. The fourth-order valence-corrected chi connectivity index (χ4v) is 4.68. The summed E-state index contributed by atoms with van der Waals surface area (Å²) in [7, 11) is -2.01. The van der Waals surface area contributed by atoms with Crippen molar-refractivity contribution >= 4 is 28.0 Å². The third kappa shape index (κ3) is 4.84. The molecular formula is C23H26N2O6S. The summed E-state index contributed by atoms with van der Waals surface area (Å²) in [6.07, 6.45) is 1.59. The molecule has 0 fully saturated rings. The molecule has 0 saturated heterocycles. The highest BCUT2D eigenvalue weighted by atomic mass is 32.2. The van der Waals surface area contributed by atoms with Crippen molar-refractivity contribution in [2.24, 2.45) is 4.99 Å². The average molecular weight is 459 g/mol. The smallest absolute Gasteiger partial charge is 0.363 e. The summed E-state index contributed by atoms with van der Waals surface area (Å²) < 4.78 is 42.8. The second-order valence-electron chi connectivity index (χ2n) is 6.79. The van der Waals surface area contributed by atoms with E-state index < -0.39 is 16.0 Å². The van der Waals surface area contributed by atoms with Crippen LogP contribution in [0.5, 0.6) is 11.5 Å². The Morgan fingerprint density at radius 2 is 1.72 bits per heavy atom. The number of nitrogens with zero attached hydrogens (tertiary/aromatic N) is 2. The predicted molar refractivity (Wildman–Crippen MR) is 121 cm³/mol. The summed E-state index contributed by atoms with van der Waals surface area (Å²) in [4.78, 5) is 16.8. The average Bonchev–Trinajstić information content (AvgIpc) is 3.15. The Bertz CT molecular complexity index is 1150. The van der Waals surface area contributed by atoms with Crippen LogP contribution in [0, 0.1) is 0 Å². The lowest BCUT2D eigenvalue weighted by Crippen LogP contribution is -2.30. The molecule has 0 N–H and O–H groups in total. The molecule has 0 spiro atoms. The summed E-state index contributed by atoms with van der Waals surface area (Å²) in [6.45, 7) is 6.69. The molecule has 0 aromatic heterocycles. The van der Waals surface area contributed by atoms with Crippen molar-refractivity contribution in [3.63, 3.8) is 0 Å².